The van der Waals surface area contributed by atoms with E-state index in [1.54, 1.807) is 19.4 Å². The minimum absolute atomic E-state index is 0.207. The first-order valence-electron chi connectivity index (χ1n) is 6.15. The zero-order valence-electron chi connectivity index (χ0n) is 10.3. The van der Waals surface area contributed by atoms with Crippen molar-refractivity contribution in [1.82, 2.24) is 19.6 Å². The molecular formula is C12H15N5O. The molecule has 3 rings (SSSR count). The van der Waals surface area contributed by atoms with E-state index in [0.717, 1.165) is 37.4 Å². The number of carbonyl (C=O) groups excluding carboxylic acids is 1. The molecule has 0 spiro atoms. The lowest BCUT2D eigenvalue weighted by Crippen LogP contribution is -2.36. The highest BCUT2D eigenvalue weighted by Crippen LogP contribution is 2.24. The summed E-state index contributed by atoms with van der Waals surface area (Å²) in [6.07, 6.45) is 7.05. The third kappa shape index (κ3) is 1.83. The van der Waals surface area contributed by atoms with E-state index >= 15 is 0 Å². The maximum atomic E-state index is 11.4. The maximum Gasteiger partial charge on any atom is 0.203 e. The minimum atomic E-state index is 0.207. The summed E-state index contributed by atoms with van der Waals surface area (Å²) in [5.74, 6) is 1.36. The Morgan fingerprint density at radius 1 is 1.39 bits per heavy atom. The Bertz CT molecular complexity index is 571. The lowest BCUT2D eigenvalue weighted by atomic mass is 9.93. The number of fused-ring (bicyclic) bond motifs is 1. The maximum absolute atomic E-state index is 11.4. The molecule has 0 aromatic carbocycles. The normalized spacial score (nSPS) is 17.3. The monoisotopic (exact) mass is 245 g/mol. The average Bonchev–Trinajstić information content (AvgIpc) is 2.87. The number of carbonyl (C=O) groups is 1. The molecule has 2 aromatic heterocycles. The Morgan fingerprint density at radius 2 is 2.17 bits per heavy atom. The predicted molar refractivity (Wildman–Crippen MR) is 66.4 cm³/mol. The Hall–Kier alpha value is -1.98. The molecule has 0 unspecified atom stereocenters. The van der Waals surface area contributed by atoms with Gasteiger partial charge in [-0.05, 0) is 19.8 Å². The van der Waals surface area contributed by atoms with Gasteiger partial charge < -0.3 is 4.90 Å². The number of hydrogen-bond donors (Lipinski definition) is 0. The van der Waals surface area contributed by atoms with Gasteiger partial charge in [-0.15, -0.1) is 10.2 Å². The molecule has 6 heteroatoms. The molecule has 1 aliphatic rings. The molecule has 2 aromatic rings. The molecule has 18 heavy (non-hydrogen) atoms. The summed E-state index contributed by atoms with van der Waals surface area (Å²) in [6, 6.07) is 0. The smallest absolute Gasteiger partial charge is 0.203 e. The number of nitrogens with zero attached hydrogens (tertiary/aromatic N) is 5. The van der Waals surface area contributed by atoms with Crippen LogP contribution in [0.25, 0.3) is 5.65 Å². The first kappa shape index (κ1) is 11.1. The Kier molecular flexibility index (Phi) is 2.70. The largest absolute Gasteiger partial charge is 0.353 e. The minimum Gasteiger partial charge on any atom is -0.353 e. The van der Waals surface area contributed by atoms with Crippen LogP contribution >= 0.6 is 0 Å². The molecule has 0 atom stereocenters. The van der Waals surface area contributed by atoms with E-state index < -0.39 is 0 Å². The third-order valence-corrected chi connectivity index (χ3v) is 3.57. The zero-order valence-corrected chi connectivity index (χ0v) is 10.3. The standard InChI is InChI=1S/C12H15N5O/c1-9(18)10-2-5-16(6-3-10)11-12-15-14-8-17(12)7-4-13-11/h4,7-8,10H,2-3,5-6H2,1H3. The van der Waals surface area contributed by atoms with Crippen molar-refractivity contribution in [2.24, 2.45) is 5.92 Å². The van der Waals surface area contributed by atoms with Crippen LogP contribution in [0.3, 0.4) is 0 Å². The van der Waals surface area contributed by atoms with Crippen LogP contribution in [-0.2, 0) is 4.79 Å². The van der Waals surface area contributed by atoms with Crippen molar-refractivity contribution in [3.63, 3.8) is 0 Å². The van der Waals surface area contributed by atoms with Gasteiger partial charge in [0.15, 0.2) is 5.82 Å². The fraction of sp³-hybridized carbons (Fsp3) is 0.500. The van der Waals surface area contributed by atoms with Gasteiger partial charge in [0.2, 0.25) is 5.65 Å². The van der Waals surface area contributed by atoms with E-state index in [2.05, 4.69) is 20.1 Å². The molecule has 0 bridgehead atoms. The summed E-state index contributed by atoms with van der Waals surface area (Å²) >= 11 is 0. The Balaban J connectivity index is 1.84. The van der Waals surface area contributed by atoms with E-state index in [1.807, 2.05) is 10.6 Å². The number of aromatic nitrogens is 4. The van der Waals surface area contributed by atoms with Gasteiger partial charge in [0.25, 0.3) is 0 Å². The average molecular weight is 245 g/mol. The van der Waals surface area contributed by atoms with Crippen LogP contribution in [0.1, 0.15) is 19.8 Å². The van der Waals surface area contributed by atoms with E-state index in [4.69, 9.17) is 0 Å². The van der Waals surface area contributed by atoms with Crippen molar-refractivity contribution in [3.8, 4) is 0 Å². The highest BCUT2D eigenvalue weighted by atomic mass is 16.1. The number of piperidine rings is 1. The summed E-state index contributed by atoms with van der Waals surface area (Å²) in [4.78, 5) is 17.9. The summed E-state index contributed by atoms with van der Waals surface area (Å²) in [5.41, 5.74) is 0.777. The second-order valence-electron chi connectivity index (χ2n) is 4.68. The van der Waals surface area contributed by atoms with Crippen molar-refractivity contribution in [3.05, 3.63) is 18.7 Å². The van der Waals surface area contributed by atoms with Gasteiger partial charge in [0, 0.05) is 31.4 Å². The SMILES string of the molecule is CC(=O)C1CCN(c2nccn3cnnc23)CC1. The van der Waals surface area contributed by atoms with Gasteiger partial charge in [-0.25, -0.2) is 4.98 Å². The molecule has 1 fully saturated rings. The first-order chi connectivity index (χ1) is 8.75. The van der Waals surface area contributed by atoms with Crippen molar-refractivity contribution in [1.29, 1.82) is 0 Å². The van der Waals surface area contributed by atoms with Gasteiger partial charge in [0.05, 0.1) is 0 Å². The topological polar surface area (TPSA) is 63.4 Å². The molecule has 0 aliphatic carbocycles. The van der Waals surface area contributed by atoms with Crippen LogP contribution in [0, 0.1) is 5.92 Å². The van der Waals surface area contributed by atoms with Crippen molar-refractivity contribution < 1.29 is 4.79 Å². The molecule has 0 N–H and O–H groups in total. The van der Waals surface area contributed by atoms with E-state index in [1.165, 1.54) is 0 Å². The molecule has 0 saturated carbocycles. The first-order valence-corrected chi connectivity index (χ1v) is 6.15. The lowest BCUT2D eigenvalue weighted by Gasteiger charge is -2.31. The van der Waals surface area contributed by atoms with Crippen LogP contribution in [-0.4, -0.2) is 38.5 Å². The molecule has 0 amide bonds. The molecule has 94 valence electrons. The van der Waals surface area contributed by atoms with Gasteiger partial charge in [-0.1, -0.05) is 0 Å². The van der Waals surface area contributed by atoms with Crippen LogP contribution < -0.4 is 4.90 Å². The van der Waals surface area contributed by atoms with Crippen LogP contribution in [0.4, 0.5) is 5.82 Å². The zero-order chi connectivity index (χ0) is 12.5. The number of rotatable bonds is 2. The number of Topliss-reactive ketones (excluding diaryl/α,β-unsaturated/α-hetero) is 1. The lowest BCUT2D eigenvalue weighted by molar-refractivity contribution is -0.121. The summed E-state index contributed by atoms with van der Waals surface area (Å²) in [5, 5.41) is 7.98. The van der Waals surface area contributed by atoms with E-state index in [9.17, 15) is 4.79 Å². The second-order valence-corrected chi connectivity index (χ2v) is 4.68. The quantitative estimate of drug-likeness (QED) is 0.787. The molecule has 1 saturated heterocycles. The van der Waals surface area contributed by atoms with Gasteiger partial charge in [0.1, 0.15) is 12.1 Å². The van der Waals surface area contributed by atoms with Crippen molar-refractivity contribution in [2.75, 3.05) is 18.0 Å². The van der Waals surface area contributed by atoms with Gasteiger partial charge >= 0.3 is 0 Å². The van der Waals surface area contributed by atoms with Crippen LogP contribution in [0.5, 0.6) is 0 Å². The molecule has 6 nitrogen and oxygen atoms in total. The fourth-order valence-corrected chi connectivity index (χ4v) is 2.47. The van der Waals surface area contributed by atoms with Crippen LogP contribution in [0.15, 0.2) is 18.7 Å². The van der Waals surface area contributed by atoms with E-state index in [0.29, 0.717) is 5.78 Å². The number of hydrogen-bond acceptors (Lipinski definition) is 5. The third-order valence-electron chi connectivity index (χ3n) is 3.57. The van der Waals surface area contributed by atoms with Crippen molar-refractivity contribution in [2.45, 2.75) is 19.8 Å². The Morgan fingerprint density at radius 3 is 2.89 bits per heavy atom. The molecule has 0 radical (unpaired) electrons. The summed E-state index contributed by atoms with van der Waals surface area (Å²) < 4.78 is 1.86. The summed E-state index contributed by atoms with van der Waals surface area (Å²) in [6.45, 7) is 3.38. The van der Waals surface area contributed by atoms with E-state index in [-0.39, 0.29) is 5.92 Å². The number of anilines is 1. The molecule has 3 heterocycles. The Labute approximate surface area is 105 Å². The van der Waals surface area contributed by atoms with Crippen LogP contribution in [0.2, 0.25) is 0 Å². The fourth-order valence-electron chi connectivity index (χ4n) is 2.47. The molecular weight excluding hydrogens is 230 g/mol. The predicted octanol–water partition coefficient (Wildman–Crippen LogP) is 0.930. The summed E-state index contributed by atoms with van der Waals surface area (Å²) in [7, 11) is 0. The van der Waals surface area contributed by atoms with Gasteiger partial charge in [-0.3, -0.25) is 9.20 Å². The second kappa shape index (κ2) is 4.36. The highest BCUT2D eigenvalue weighted by Gasteiger charge is 2.24. The van der Waals surface area contributed by atoms with Gasteiger partial charge in [-0.2, -0.15) is 0 Å². The molecule has 1 aliphatic heterocycles. The number of ketones is 1. The highest BCUT2D eigenvalue weighted by molar-refractivity contribution is 5.78. The van der Waals surface area contributed by atoms with Crippen molar-refractivity contribution >= 4 is 17.2 Å².